The van der Waals surface area contributed by atoms with E-state index in [9.17, 15) is 13.2 Å². The number of alkyl halides is 3. The molecule has 2 aliphatic rings. The van der Waals surface area contributed by atoms with E-state index in [2.05, 4.69) is 12.2 Å². The summed E-state index contributed by atoms with van der Waals surface area (Å²) >= 11 is 0. The number of rotatable bonds is 3. The summed E-state index contributed by atoms with van der Waals surface area (Å²) in [6.07, 6.45) is 0.436. The quantitative estimate of drug-likeness (QED) is 0.789. The van der Waals surface area contributed by atoms with Crippen molar-refractivity contribution in [2.45, 2.75) is 63.7 Å². The van der Waals surface area contributed by atoms with E-state index in [1.54, 1.807) is 0 Å². The van der Waals surface area contributed by atoms with Crippen molar-refractivity contribution >= 4 is 0 Å². The first-order valence-electron chi connectivity index (χ1n) is 6.33. The highest BCUT2D eigenvalue weighted by Gasteiger charge is 2.43. The molecule has 2 unspecified atom stereocenters. The van der Waals surface area contributed by atoms with Crippen molar-refractivity contribution in [2.75, 3.05) is 0 Å². The van der Waals surface area contributed by atoms with Gasteiger partial charge in [-0.3, -0.25) is 0 Å². The highest BCUT2D eigenvalue weighted by atomic mass is 19.4. The fourth-order valence-electron chi connectivity index (χ4n) is 2.79. The minimum Gasteiger partial charge on any atom is -0.311 e. The van der Waals surface area contributed by atoms with Crippen molar-refractivity contribution in [2.24, 2.45) is 11.8 Å². The molecule has 0 aromatic carbocycles. The highest BCUT2D eigenvalue weighted by Crippen LogP contribution is 2.39. The Bertz CT molecular complexity index is 231. The second-order valence-electron chi connectivity index (χ2n) is 5.27. The van der Waals surface area contributed by atoms with Gasteiger partial charge in [-0.15, -0.1) is 0 Å². The van der Waals surface area contributed by atoms with E-state index in [-0.39, 0.29) is 0 Å². The van der Waals surface area contributed by atoms with Crippen LogP contribution in [-0.2, 0) is 0 Å². The van der Waals surface area contributed by atoms with Crippen LogP contribution in [0.2, 0.25) is 0 Å². The molecule has 1 nitrogen and oxygen atoms in total. The van der Waals surface area contributed by atoms with Gasteiger partial charge in [0.05, 0.1) is 5.92 Å². The third kappa shape index (κ3) is 2.90. The number of nitrogens with one attached hydrogen (secondary N) is 1. The fourth-order valence-corrected chi connectivity index (χ4v) is 2.79. The minimum atomic E-state index is -3.98. The van der Waals surface area contributed by atoms with Crippen molar-refractivity contribution in [1.29, 1.82) is 0 Å². The zero-order chi connectivity index (χ0) is 11.8. The second-order valence-corrected chi connectivity index (χ2v) is 5.27. The summed E-state index contributed by atoms with van der Waals surface area (Å²) in [4.78, 5) is 0. The molecular formula is C12H20F3N. The summed E-state index contributed by atoms with van der Waals surface area (Å²) in [5.74, 6) is -0.271. The topological polar surface area (TPSA) is 12.0 Å². The Kier molecular flexibility index (Phi) is 3.48. The van der Waals surface area contributed by atoms with E-state index in [1.807, 2.05) is 0 Å². The first kappa shape index (κ1) is 12.2. The number of halogens is 3. The van der Waals surface area contributed by atoms with Crippen LogP contribution in [0.5, 0.6) is 0 Å². The molecule has 0 bridgehead atoms. The van der Waals surface area contributed by atoms with Gasteiger partial charge in [0.25, 0.3) is 0 Å². The molecule has 0 aliphatic heterocycles. The molecule has 0 heterocycles. The van der Waals surface area contributed by atoms with Crippen LogP contribution >= 0.6 is 0 Å². The van der Waals surface area contributed by atoms with Gasteiger partial charge in [-0.25, -0.2) is 0 Å². The van der Waals surface area contributed by atoms with Crippen molar-refractivity contribution < 1.29 is 13.2 Å². The Hall–Kier alpha value is -0.250. The van der Waals surface area contributed by atoms with Crippen LogP contribution < -0.4 is 5.32 Å². The van der Waals surface area contributed by atoms with Gasteiger partial charge in [-0.05, 0) is 38.0 Å². The lowest BCUT2D eigenvalue weighted by atomic mass is 9.85. The molecular weight excluding hydrogens is 215 g/mol. The molecule has 0 radical (unpaired) electrons. The molecule has 2 fully saturated rings. The van der Waals surface area contributed by atoms with E-state index in [0.717, 1.165) is 5.92 Å². The summed E-state index contributed by atoms with van der Waals surface area (Å²) in [7, 11) is 0. The Labute approximate surface area is 94.8 Å². The largest absolute Gasteiger partial charge is 0.391 e. The smallest absolute Gasteiger partial charge is 0.311 e. The van der Waals surface area contributed by atoms with Crippen LogP contribution in [-0.4, -0.2) is 18.3 Å². The maximum Gasteiger partial charge on any atom is 0.391 e. The Morgan fingerprint density at radius 1 is 1.12 bits per heavy atom. The van der Waals surface area contributed by atoms with Gasteiger partial charge >= 0.3 is 6.18 Å². The molecule has 4 heteroatoms. The molecule has 0 amide bonds. The van der Waals surface area contributed by atoms with Crippen LogP contribution in [0.15, 0.2) is 0 Å². The van der Waals surface area contributed by atoms with Crippen LogP contribution in [0.1, 0.15) is 45.4 Å². The van der Waals surface area contributed by atoms with E-state index < -0.39 is 12.1 Å². The summed E-state index contributed by atoms with van der Waals surface area (Å²) in [5, 5.41) is 3.50. The average molecular weight is 235 g/mol. The summed E-state index contributed by atoms with van der Waals surface area (Å²) in [6, 6.07) is 0.928. The van der Waals surface area contributed by atoms with E-state index in [1.165, 1.54) is 12.8 Å². The molecule has 1 N–H and O–H groups in total. The second kappa shape index (κ2) is 4.55. The summed E-state index contributed by atoms with van der Waals surface area (Å²) in [6.45, 7) is 2.17. The first-order chi connectivity index (χ1) is 7.50. The van der Waals surface area contributed by atoms with Crippen LogP contribution in [0.4, 0.5) is 13.2 Å². The van der Waals surface area contributed by atoms with Gasteiger partial charge in [-0.1, -0.05) is 13.3 Å². The van der Waals surface area contributed by atoms with Gasteiger partial charge in [0.2, 0.25) is 0 Å². The third-order valence-electron chi connectivity index (χ3n) is 4.09. The fraction of sp³-hybridized carbons (Fsp3) is 1.00. The zero-order valence-corrected chi connectivity index (χ0v) is 9.69. The third-order valence-corrected chi connectivity index (χ3v) is 4.09. The Balaban J connectivity index is 1.70. The average Bonchev–Trinajstić information content (AvgIpc) is 2.96. The molecule has 2 aliphatic carbocycles. The molecule has 2 atom stereocenters. The van der Waals surface area contributed by atoms with Crippen molar-refractivity contribution in [1.82, 2.24) is 5.32 Å². The predicted molar refractivity (Wildman–Crippen MR) is 57.1 cm³/mol. The van der Waals surface area contributed by atoms with E-state index in [0.29, 0.717) is 37.8 Å². The van der Waals surface area contributed by atoms with Crippen LogP contribution in [0.25, 0.3) is 0 Å². The highest BCUT2D eigenvalue weighted by molar-refractivity contribution is 4.95. The summed E-state index contributed by atoms with van der Waals surface area (Å²) in [5.41, 5.74) is 0. The Morgan fingerprint density at radius 3 is 2.19 bits per heavy atom. The van der Waals surface area contributed by atoms with Crippen LogP contribution in [0.3, 0.4) is 0 Å². The molecule has 0 aromatic heterocycles. The van der Waals surface area contributed by atoms with Crippen molar-refractivity contribution in [3.63, 3.8) is 0 Å². The predicted octanol–water partition coefficient (Wildman–Crippen LogP) is 3.50. The van der Waals surface area contributed by atoms with Crippen molar-refractivity contribution in [3.8, 4) is 0 Å². The molecule has 0 spiro atoms. The van der Waals surface area contributed by atoms with Gasteiger partial charge in [0.1, 0.15) is 0 Å². The Morgan fingerprint density at radius 2 is 1.75 bits per heavy atom. The van der Waals surface area contributed by atoms with Crippen LogP contribution in [0, 0.1) is 11.8 Å². The van der Waals surface area contributed by atoms with Gasteiger partial charge in [0, 0.05) is 12.1 Å². The zero-order valence-electron chi connectivity index (χ0n) is 9.69. The molecule has 0 aromatic rings. The lowest BCUT2D eigenvalue weighted by Gasteiger charge is -2.30. The lowest BCUT2D eigenvalue weighted by Crippen LogP contribution is -2.38. The first-order valence-corrected chi connectivity index (χ1v) is 6.33. The monoisotopic (exact) mass is 235 g/mol. The lowest BCUT2D eigenvalue weighted by molar-refractivity contribution is -0.182. The number of hydrogen-bond acceptors (Lipinski definition) is 1. The minimum absolute atomic E-state index is 0.310. The van der Waals surface area contributed by atoms with Gasteiger partial charge in [-0.2, -0.15) is 13.2 Å². The molecule has 2 rings (SSSR count). The molecule has 2 saturated carbocycles. The maximum atomic E-state index is 12.4. The normalized spacial score (nSPS) is 39.8. The SMILES string of the molecule is CCC1CC1NC1CCC(C(F)(F)F)CC1. The molecule has 0 saturated heterocycles. The number of hydrogen-bond donors (Lipinski definition) is 1. The van der Waals surface area contributed by atoms with Gasteiger partial charge < -0.3 is 5.32 Å². The van der Waals surface area contributed by atoms with E-state index in [4.69, 9.17) is 0 Å². The standard InChI is InChI=1S/C12H20F3N/c1-2-8-7-11(8)16-10-5-3-9(4-6-10)12(13,14)15/h8-11,16H,2-7H2,1H3. The molecule has 94 valence electrons. The van der Waals surface area contributed by atoms with E-state index >= 15 is 0 Å². The molecule has 16 heavy (non-hydrogen) atoms. The summed E-state index contributed by atoms with van der Waals surface area (Å²) < 4.78 is 37.3. The van der Waals surface area contributed by atoms with Gasteiger partial charge in [0.15, 0.2) is 0 Å². The van der Waals surface area contributed by atoms with Crippen molar-refractivity contribution in [3.05, 3.63) is 0 Å². The maximum absolute atomic E-state index is 12.4.